The maximum absolute atomic E-state index is 12.7. The fraction of sp³-hybridized carbons (Fsp3) is 0.500. The van der Waals surface area contributed by atoms with Gasteiger partial charge in [0, 0.05) is 24.9 Å². The van der Waals surface area contributed by atoms with Gasteiger partial charge in [-0.2, -0.15) is 5.26 Å². The summed E-state index contributed by atoms with van der Waals surface area (Å²) in [6, 6.07) is 6.78. The third-order valence-electron chi connectivity index (χ3n) is 5.07. The van der Waals surface area contributed by atoms with Gasteiger partial charge < -0.3 is 9.80 Å². The summed E-state index contributed by atoms with van der Waals surface area (Å²) in [7, 11) is 0. The van der Waals surface area contributed by atoms with E-state index >= 15 is 0 Å². The third kappa shape index (κ3) is 4.56. The molecule has 2 saturated heterocycles. The predicted molar refractivity (Wildman–Crippen MR) is 110 cm³/mol. The molecule has 2 aliphatic heterocycles. The van der Waals surface area contributed by atoms with Crippen LogP contribution in [0.15, 0.2) is 18.2 Å². The second-order valence-electron chi connectivity index (χ2n) is 6.81. The van der Waals surface area contributed by atoms with Gasteiger partial charge in [-0.15, -0.1) is 11.8 Å². The van der Waals surface area contributed by atoms with Crippen LogP contribution < -0.4 is 5.84 Å². The molecule has 1 aromatic rings. The first-order valence-corrected chi connectivity index (χ1v) is 10.8. The molecule has 10 heteroatoms. The summed E-state index contributed by atoms with van der Waals surface area (Å²) < 4.78 is 0. The Morgan fingerprint density at radius 1 is 1.32 bits per heavy atom. The van der Waals surface area contributed by atoms with Crippen molar-refractivity contribution < 1.29 is 9.59 Å². The Kier molecular flexibility index (Phi) is 7.07. The molecule has 0 radical (unpaired) electrons. The van der Waals surface area contributed by atoms with Crippen molar-refractivity contribution in [3.63, 3.8) is 0 Å². The van der Waals surface area contributed by atoms with Crippen LogP contribution in [0.25, 0.3) is 0 Å². The number of hydrazine groups is 1. The van der Waals surface area contributed by atoms with E-state index in [4.69, 9.17) is 34.3 Å². The first-order chi connectivity index (χ1) is 13.4. The van der Waals surface area contributed by atoms with Crippen molar-refractivity contribution in [1.29, 1.82) is 5.26 Å². The summed E-state index contributed by atoms with van der Waals surface area (Å²) in [5.74, 6) is 7.01. The minimum atomic E-state index is -0.382. The minimum absolute atomic E-state index is 0.00127. The van der Waals surface area contributed by atoms with Gasteiger partial charge in [0.25, 0.3) is 5.91 Å². The van der Waals surface area contributed by atoms with Crippen LogP contribution in [-0.2, 0) is 4.79 Å². The Hall–Kier alpha value is -1.50. The van der Waals surface area contributed by atoms with E-state index in [1.807, 2.05) is 0 Å². The van der Waals surface area contributed by atoms with E-state index in [0.717, 1.165) is 0 Å². The highest BCUT2D eigenvalue weighted by Crippen LogP contribution is 2.28. The van der Waals surface area contributed by atoms with E-state index in [2.05, 4.69) is 6.07 Å². The van der Waals surface area contributed by atoms with Gasteiger partial charge >= 0.3 is 0 Å². The number of hydrogen-bond donors (Lipinski definition) is 1. The molecule has 0 saturated carbocycles. The number of carbonyl (C=O) groups is 2. The molecule has 1 unspecified atom stereocenters. The van der Waals surface area contributed by atoms with E-state index < -0.39 is 0 Å². The lowest BCUT2D eigenvalue weighted by Crippen LogP contribution is -2.53. The number of nitrogens with two attached hydrogens (primary N) is 1. The number of amides is 2. The molecule has 2 amide bonds. The normalized spacial score (nSPS) is 20.5. The van der Waals surface area contributed by atoms with Gasteiger partial charge in [-0.25, -0.2) is 5.01 Å². The van der Waals surface area contributed by atoms with Gasteiger partial charge in [-0.3, -0.25) is 15.4 Å². The Balaban J connectivity index is 1.53. The van der Waals surface area contributed by atoms with Crippen LogP contribution >= 0.6 is 35.0 Å². The lowest BCUT2D eigenvalue weighted by molar-refractivity contribution is -0.132. The van der Waals surface area contributed by atoms with Crippen molar-refractivity contribution >= 4 is 46.8 Å². The molecule has 1 atom stereocenters. The molecule has 0 bridgehead atoms. The molecule has 2 N–H and O–H groups in total. The highest BCUT2D eigenvalue weighted by atomic mass is 35.5. The maximum Gasteiger partial charge on any atom is 0.255 e. The topological polar surface area (TPSA) is 93.7 Å². The number of benzene rings is 1. The molecule has 2 fully saturated rings. The van der Waals surface area contributed by atoms with E-state index in [1.165, 1.54) is 5.01 Å². The summed E-state index contributed by atoms with van der Waals surface area (Å²) in [6.07, 6.45) is 1.31. The van der Waals surface area contributed by atoms with Gasteiger partial charge in [0.15, 0.2) is 0 Å². The van der Waals surface area contributed by atoms with Gasteiger partial charge in [0.2, 0.25) is 5.91 Å². The van der Waals surface area contributed by atoms with Crippen molar-refractivity contribution in [2.45, 2.75) is 24.9 Å². The first-order valence-electron chi connectivity index (χ1n) is 8.93. The van der Waals surface area contributed by atoms with Gasteiger partial charge in [-0.05, 0) is 25.0 Å². The zero-order valence-electron chi connectivity index (χ0n) is 15.2. The number of thioether (sulfide) groups is 1. The number of carbonyl (C=O) groups excluding carboxylic acids is 2. The molecule has 0 aromatic heterocycles. The lowest BCUT2D eigenvalue weighted by Gasteiger charge is -2.36. The molecule has 28 heavy (non-hydrogen) atoms. The summed E-state index contributed by atoms with van der Waals surface area (Å²) in [6.45, 7) is 1.11. The van der Waals surface area contributed by atoms with Gasteiger partial charge in [-0.1, -0.05) is 29.3 Å². The molecule has 0 spiro atoms. The largest absolute Gasteiger partial charge is 0.338 e. The third-order valence-corrected chi connectivity index (χ3v) is 6.90. The van der Waals surface area contributed by atoms with E-state index in [1.54, 1.807) is 39.8 Å². The van der Waals surface area contributed by atoms with Crippen LogP contribution in [0.1, 0.15) is 23.2 Å². The second-order valence-corrected chi connectivity index (χ2v) is 8.59. The number of hydrogen-bond acceptors (Lipinski definition) is 6. The van der Waals surface area contributed by atoms with E-state index in [9.17, 15) is 9.59 Å². The number of piperidine rings is 1. The van der Waals surface area contributed by atoms with E-state index in [-0.39, 0.29) is 35.5 Å². The molecule has 3 rings (SSSR count). The highest BCUT2D eigenvalue weighted by molar-refractivity contribution is 7.99. The number of halogens is 2. The fourth-order valence-electron chi connectivity index (χ4n) is 3.41. The van der Waals surface area contributed by atoms with Crippen LogP contribution in [0.2, 0.25) is 10.0 Å². The van der Waals surface area contributed by atoms with Crippen molar-refractivity contribution in [2.75, 3.05) is 31.3 Å². The first kappa shape index (κ1) is 21.2. The summed E-state index contributed by atoms with van der Waals surface area (Å²) in [4.78, 5) is 28.5. The molecular formula is C18H21Cl2N5O2S. The Bertz CT molecular complexity index is 795. The Labute approximate surface area is 178 Å². The molecule has 150 valence electrons. The fourth-order valence-corrected chi connectivity index (χ4v) is 4.90. The maximum atomic E-state index is 12.7. The summed E-state index contributed by atoms with van der Waals surface area (Å²) in [5, 5.41) is 11.3. The van der Waals surface area contributed by atoms with Crippen molar-refractivity contribution in [3.05, 3.63) is 33.8 Å². The number of rotatable bonds is 4. The average molecular weight is 442 g/mol. The number of nitriles is 1. The predicted octanol–water partition coefficient (Wildman–Crippen LogP) is 2.20. The van der Waals surface area contributed by atoms with Crippen LogP contribution in [0, 0.1) is 11.3 Å². The highest BCUT2D eigenvalue weighted by Gasteiger charge is 2.32. The quantitative estimate of drug-likeness (QED) is 0.568. The minimum Gasteiger partial charge on any atom is -0.338 e. The Morgan fingerprint density at radius 2 is 2.04 bits per heavy atom. The van der Waals surface area contributed by atoms with Gasteiger partial charge in [0.1, 0.15) is 6.04 Å². The molecule has 7 nitrogen and oxygen atoms in total. The Morgan fingerprint density at radius 3 is 2.71 bits per heavy atom. The molecular weight excluding hydrogens is 421 g/mol. The van der Waals surface area contributed by atoms with Crippen molar-refractivity contribution in [1.82, 2.24) is 14.8 Å². The van der Waals surface area contributed by atoms with Crippen LogP contribution in [0.5, 0.6) is 0 Å². The molecule has 2 aliphatic rings. The zero-order chi connectivity index (χ0) is 20.3. The van der Waals surface area contributed by atoms with E-state index in [0.29, 0.717) is 48.1 Å². The van der Waals surface area contributed by atoms with Crippen LogP contribution in [-0.4, -0.2) is 70.0 Å². The van der Waals surface area contributed by atoms with Crippen molar-refractivity contribution in [2.24, 2.45) is 5.84 Å². The van der Waals surface area contributed by atoms with Crippen molar-refractivity contribution in [3.8, 4) is 6.07 Å². The summed E-state index contributed by atoms with van der Waals surface area (Å²) in [5.41, 5.74) is 0.390. The zero-order valence-corrected chi connectivity index (χ0v) is 17.5. The molecule has 0 aliphatic carbocycles. The number of nitrogens with zero attached hydrogens (tertiary/aromatic N) is 4. The lowest BCUT2D eigenvalue weighted by atomic mass is 10.0. The van der Waals surface area contributed by atoms with Crippen LogP contribution in [0.3, 0.4) is 0 Å². The average Bonchev–Trinajstić information content (AvgIpc) is 3.18. The monoisotopic (exact) mass is 441 g/mol. The van der Waals surface area contributed by atoms with Gasteiger partial charge in [0.05, 0.1) is 34.1 Å². The standard InChI is InChI=1S/C18H21Cl2N5O2S/c19-15-3-1-2-14(17(15)20)18(27)23-6-4-12(5-7-23)25(22)9-16(26)24-11-28-10-13(24)8-21/h1-3,12-13H,4-7,9-11,22H2. The molecule has 1 aromatic carbocycles. The van der Waals surface area contributed by atoms with Crippen LogP contribution in [0.4, 0.5) is 0 Å². The molecule has 2 heterocycles. The summed E-state index contributed by atoms with van der Waals surface area (Å²) >= 11 is 13.7. The second kappa shape index (κ2) is 9.33. The smallest absolute Gasteiger partial charge is 0.255 e. The number of likely N-dealkylation sites (tertiary alicyclic amines) is 1. The SMILES string of the molecule is N#CC1CSCN1C(=O)CN(N)C1CCN(C(=O)c2cccc(Cl)c2Cl)CC1.